The summed E-state index contributed by atoms with van der Waals surface area (Å²) >= 11 is 0. The van der Waals surface area contributed by atoms with Crippen molar-refractivity contribution in [1.82, 2.24) is 4.73 Å². The molecular weight excluding hydrogens is 232 g/mol. The van der Waals surface area contributed by atoms with Crippen LogP contribution in [0.1, 0.15) is 0 Å². The molecule has 5 nitrogen and oxygen atoms in total. The number of rotatable bonds is 1. The highest BCUT2D eigenvalue weighted by Gasteiger charge is 2.24. The van der Waals surface area contributed by atoms with Gasteiger partial charge in [-0.05, 0) is 30.3 Å². The third kappa shape index (κ3) is 1.37. The van der Waals surface area contributed by atoms with Gasteiger partial charge in [0.15, 0.2) is 5.52 Å². The molecule has 1 heterocycles. The highest BCUT2D eigenvalue weighted by molar-refractivity contribution is 5.75. The maximum atomic E-state index is 12.1. The Labute approximate surface area is 102 Å². The van der Waals surface area contributed by atoms with E-state index in [0.29, 0.717) is 26.1 Å². The van der Waals surface area contributed by atoms with E-state index in [0.717, 1.165) is 0 Å². The first-order chi connectivity index (χ1) is 8.68. The quantitative estimate of drug-likeness (QED) is 0.521. The first-order valence-electron chi connectivity index (χ1n) is 5.38. The summed E-state index contributed by atoms with van der Waals surface area (Å²) in [5, 5.41) is 33.6. The summed E-state index contributed by atoms with van der Waals surface area (Å²) in [7, 11) is 0. The first-order valence-corrected chi connectivity index (χ1v) is 5.38. The largest absolute Gasteiger partial charge is 0.710 e. The van der Waals surface area contributed by atoms with Crippen LogP contribution in [0.2, 0.25) is 0 Å². The minimum absolute atomic E-state index is 0.0118. The topological polar surface area (TPSA) is 72.0 Å². The smallest absolute Gasteiger partial charge is 0.337 e. The second-order valence-electron chi connectivity index (χ2n) is 3.95. The van der Waals surface area contributed by atoms with Gasteiger partial charge in [-0.25, -0.2) is 4.73 Å². The zero-order valence-electron chi connectivity index (χ0n) is 9.28. The van der Waals surface area contributed by atoms with Gasteiger partial charge >= 0.3 is 5.82 Å². The van der Waals surface area contributed by atoms with Crippen LogP contribution in [-0.4, -0.2) is 9.84 Å². The number of aromatic nitrogens is 2. The number of para-hydroxylation sites is 2. The Hall–Kier alpha value is -2.69. The minimum atomic E-state index is -0.0351. The second kappa shape index (κ2) is 3.66. The fourth-order valence-electron chi connectivity index (χ4n) is 2.00. The van der Waals surface area contributed by atoms with Crippen LogP contribution in [0.15, 0.2) is 48.5 Å². The van der Waals surface area contributed by atoms with Gasteiger partial charge in [-0.15, -0.1) is 0 Å². The number of phenols is 1. The third-order valence-corrected chi connectivity index (χ3v) is 2.81. The van der Waals surface area contributed by atoms with Crippen molar-refractivity contribution in [3.63, 3.8) is 0 Å². The summed E-state index contributed by atoms with van der Waals surface area (Å²) < 4.78 is 1.16. The molecular formula is C13H9N2O3. The van der Waals surface area contributed by atoms with E-state index in [1.807, 2.05) is 0 Å². The SMILES string of the molecule is [O]n1c(-c2cccc(O)c2)[n+]([O-])c2ccccc21. The van der Waals surface area contributed by atoms with Crippen LogP contribution in [0, 0.1) is 5.21 Å². The molecule has 3 rings (SSSR count). The highest BCUT2D eigenvalue weighted by Crippen LogP contribution is 2.24. The molecule has 18 heavy (non-hydrogen) atoms. The average molecular weight is 241 g/mol. The van der Waals surface area contributed by atoms with E-state index in [-0.39, 0.29) is 11.6 Å². The van der Waals surface area contributed by atoms with Gasteiger partial charge in [-0.1, -0.05) is 23.4 Å². The lowest BCUT2D eigenvalue weighted by atomic mass is 10.2. The van der Waals surface area contributed by atoms with Crippen molar-refractivity contribution >= 4 is 11.0 Å². The summed E-state index contributed by atoms with van der Waals surface area (Å²) in [6.45, 7) is 0. The van der Waals surface area contributed by atoms with Crippen molar-refractivity contribution in [3.05, 3.63) is 53.7 Å². The Morgan fingerprint density at radius 3 is 2.61 bits per heavy atom. The first kappa shape index (κ1) is 10.5. The van der Waals surface area contributed by atoms with E-state index in [1.54, 1.807) is 36.4 Å². The van der Waals surface area contributed by atoms with Crippen LogP contribution < -0.4 is 4.73 Å². The maximum Gasteiger partial charge on any atom is 0.337 e. The van der Waals surface area contributed by atoms with Gasteiger partial charge in [0.1, 0.15) is 5.75 Å². The standard InChI is InChI=1S/C13H9N2O3/c16-10-5-3-4-9(8-10)13-14(17)11-6-1-2-7-12(11)15(13)18/h1-8,16H. The molecule has 1 N–H and O–H groups in total. The summed E-state index contributed by atoms with van der Waals surface area (Å²) in [5.41, 5.74) is 1.01. The van der Waals surface area contributed by atoms with Gasteiger partial charge in [-0.3, -0.25) is 0 Å². The number of phenolic OH excluding ortho intramolecular Hbond substituents is 1. The van der Waals surface area contributed by atoms with Crippen LogP contribution in [0.3, 0.4) is 0 Å². The molecule has 89 valence electrons. The van der Waals surface area contributed by atoms with Gasteiger partial charge in [0.2, 0.25) is 5.52 Å². The Morgan fingerprint density at radius 2 is 1.89 bits per heavy atom. The van der Waals surface area contributed by atoms with E-state index in [9.17, 15) is 15.5 Å². The molecule has 0 fully saturated rings. The molecule has 5 heteroatoms. The van der Waals surface area contributed by atoms with Crippen molar-refractivity contribution in [2.24, 2.45) is 0 Å². The molecule has 0 aliphatic heterocycles. The van der Waals surface area contributed by atoms with Crippen molar-refractivity contribution in [1.29, 1.82) is 0 Å². The van der Waals surface area contributed by atoms with Crippen molar-refractivity contribution in [2.45, 2.75) is 0 Å². The molecule has 0 saturated carbocycles. The lowest BCUT2D eigenvalue weighted by molar-refractivity contribution is -0.567. The number of aromatic hydroxyl groups is 1. The summed E-state index contributed by atoms with van der Waals surface area (Å²) in [5.74, 6) is -0.0233. The van der Waals surface area contributed by atoms with Crippen LogP contribution in [0.5, 0.6) is 5.75 Å². The van der Waals surface area contributed by atoms with Gasteiger partial charge in [0.25, 0.3) is 0 Å². The molecule has 1 aromatic heterocycles. The van der Waals surface area contributed by atoms with Crippen molar-refractivity contribution in [2.75, 3.05) is 0 Å². The molecule has 2 aromatic carbocycles. The number of hydrogen-bond acceptors (Lipinski definition) is 2. The van der Waals surface area contributed by atoms with Crippen molar-refractivity contribution in [3.8, 4) is 17.1 Å². The predicted molar refractivity (Wildman–Crippen MR) is 64.1 cm³/mol. The molecule has 0 atom stereocenters. The highest BCUT2D eigenvalue weighted by atomic mass is 16.5. The fraction of sp³-hybridized carbons (Fsp3) is 0. The van der Waals surface area contributed by atoms with E-state index in [2.05, 4.69) is 0 Å². The molecule has 0 amide bonds. The summed E-state index contributed by atoms with van der Waals surface area (Å²) in [6.07, 6.45) is 0. The Balaban J connectivity index is 2.36. The molecule has 1 radical (unpaired) electrons. The normalized spacial score (nSPS) is 10.9. The minimum Gasteiger partial charge on any atom is -0.710 e. The molecule has 0 saturated heterocycles. The van der Waals surface area contributed by atoms with E-state index >= 15 is 0 Å². The van der Waals surface area contributed by atoms with Crippen LogP contribution in [-0.2, 0) is 5.21 Å². The monoisotopic (exact) mass is 241 g/mol. The summed E-state index contributed by atoms with van der Waals surface area (Å²) in [6, 6.07) is 12.6. The molecule has 0 unspecified atom stereocenters. The lowest BCUT2D eigenvalue weighted by Gasteiger charge is -2.02. The van der Waals surface area contributed by atoms with E-state index in [1.165, 1.54) is 12.1 Å². The molecule has 0 aliphatic rings. The van der Waals surface area contributed by atoms with Crippen LogP contribution >= 0.6 is 0 Å². The van der Waals surface area contributed by atoms with Gasteiger partial charge in [-0.2, -0.15) is 0 Å². The average Bonchev–Trinajstić information content (AvgIpc) is 2.63. The molecule has 0 aliphatic carbocycles. The Kier molecular flexibility index (Phi) is 2.13. The zero-order valence-corrected chi connectivity index (χ0v) is 9.28. The fourth-order valence-corrected chi connectivity index (χ4v) is 2.00. The van der Waals surface area contributed by atoms with E-state index in [4.69, 9.17) is 0 Å². The van der Waals surface area contributed by atoms with Crippen LogP contribution in [0.4, 0.5) is 0 Å². The molecule has 3 aromatic rings. The molecule has 0 bridgehead atoms. The number of benzene rings is 2. The predicted octanol–water partition coefficient (Wildman–Crippen LogP) is 1.84. The Bertz CT molecular complexity index is 695. The maximum absolute atomic E-state index is 12.1. The van der Waals surface area contributed by atoms with Gasteiger partial charge in [0.05, 0.1) is 5.56 Å². The second-order valence-corrected chi connectivity index (χ2v) is 3.95. The number of fused-ring (bicyclic) bond motifs is 1. The number of hydrogen-bond donors (Lipinski definition) is 1. The zero-order chi connectivity index (χ0) is 12.7. The third-order valence-electron chi connectivity index (χ3n) is 2.81. The lowest BCUT2D eigenvalue weighted by Crippen LogP contribution is -2.27. The van der Waals surface area contributed by atoms with Crippen molar-refractivity contribution < 1.29 is 15.0 Å². The van der Waals surface area contributed by atoms with Gasteiger partial charge in [0, 0.05) is 4.73 Å². The van der Waals surface area contributed by atoms with E-state index < -0.39 is 0 Å². The summed E-state index contributed by atoms with van der Waals surface area (Å²) in [4.78, 5) is 0. The number of imidazole rings is 1. The number of nitrogens with zero attached hydrogens (tertiary/aromatic N) is 2. The van der Waals surface area contributed by atoms with Crippen LogP contribution in [0.25, 0.3) is 22.4 Å². The Morgan fingerprint density at radius 1 is 1.11 bits per heavy atom. The van der Waals surface area contributed by atoms with Gasteiger partial charge < -0.3 is 10.3 Å². The molecule has 0 spiro atoms.